The standard InChI is InChI=1S/C31H32N2O5/c1-5-6-17-37-30(35)15-16-33-28-13-11-23(21(3)32-38-22(4)34)18-26(28)27-19-24(12-14-29(27)33)31(36)25-10-8-7-9-20(25)2/h7-14,18-19H,5-6,15-17H2,1-4H3/b32-21-. The van der Waals surface area contributed by atoms with Gasteiger partial charge in [0, 0.05) is 46.4 Å². The largest absolute Gasteiger partial charge is 0.466 e. The van der Waals surface area contributed by atoms with Crippen LogP contribution in [0.3, 0.4) is 0 Å². The topological polar surface area (TPSA) is 87.0 Å². The number of esters is 1. The van der Waals surface area contributed by atoms with Crippen LogP contribution in [0.25, 0.3) is 21.8 Å². The molecule has 38 heavy (non-hydrogen) atoms. The Hall–Kier alpha value is -4.26. The molecule has 4 aromatic rings. The molecule has 7 heteroatoms. The van der Waals surface area contributed by atoms with Gasteiger partial charge < -0.3 is 14.1 Å². The molecule has 0 N–H and O–H groups in total. The minimum atomic E-state index is -0.493. The molecule has 1 heterocycles. The SMILES string of the molecule is CCCCOC(=O)CCn1c2ccc(C(=O)c3ccccc3C)cc2c2cc(/C(C)=N\OC(C)=O)ccc21. The highest BCUT2D eigenvalue weighted by atomic mass is 16.7. The summed E-state index contributed by atoms with van der Waals surface area (Å²) in [6.07, 6.45) is 2.04. The minimum Gasteiger partial charge on any atom is -0.466 e. The zero-order valence-corrected chi connectivity index (χ0v) is 22.2. The zero-order chi connectivity index (χ0) is 27.2. The lowest BCUT2D eigenvalue weighted by Crippen LogP contribution is -2.10. The number of benzene rings is 3. The van der Waals surface area contributed by atoms with Crippen molar-refractivity contribution >= 4 is 45.2 Å². The first-order valence-electron chi connectivity index (χ1n) is 12.8. The van der Waals surface area contributed by atoms with Crippen LogP contribution in [-0.4, -0.2) is 34.6 Å². The molecule has 0 aliphatic carbocycles. The van der Waals surface area contributed by atoms with E-state index in [0.29, 0.717) is 30.0 Å². The summed E-state index contributed by atoms with van der Waals surface area (Å²) in [4.78, 5) is 41.8. The van der Waals surface area contributed by atoms with E-state index in [4.69, 9.17) is 9.57 Å². The second-order valence-corrected chi connectivity index (χ2v) is 9.34. The molecular formula is C31H32N2O5. The number of ether oxygens (including phenoxy) is 1. The van der Waals surface area contributed by atoms with E-state index in [1.807, 2.05) is 67.6 Å². The number of aryl methyl sites for hydroxylation is 2. The Labute approximate surface area is 222 Å². The van der Waals surface area contributed by atoms with Crippen molar-refractivity contribution < 1.29 is 24.0 Å². The van der Waals surface area contributed by atoms with Gasteiger partial charge in [-0.15, -0.1) is 0 Å². The van der Waals surface area contributed by atoms with Crippen LogP contribution in [0.15, 0.2) is 65.8 Å². The summed E-state index contributed by atoms with van der Waals surface area (Å²) in [5, 5.41) is 5.72. The lowest BCUT2D eigenvalue weighted by atomic mass is 9.97. The lowest BCUT2D eigenvalue weighted by Gasteiger charge is -2.09. The van der Waals surface area contributed by atoms with Gasteiger partial charge in [0.05, 0.1) is 18.7 Å². The minimum absolute atomic E-state index is 0.0471. The van der Waals surface area contributed by atoms with Crippen LogP contribution in [0.5, 0.6) is 0 Å². The van der Waals surface area contributed by atoms with Gasteiger partial charge in [-0.25, -0.2) is 4.79 Å². The number of carbonyl (C=O) groups excluding carboxylic acids is 3. The van der Waals surface area contributed by atoms with Crippen LogP contribution < -0.4 is 0 Å². The summed E-state index contributed by atoms with van der Waals surface area (Å²) >= 11 is 0. The van der Waals surface area contributed by atoms with Crippen LogP contribution in [0.1, 0.15) is 67.1 Å². The van der Waals surface area contributed by atoms with Gasteiger partial charge in [0.1, 0.15) is 0 Å². The van der Waals surface area contributed by atoms with Crippen molar-refractivity contribution in [2.24, 2.45) is 5.16 Å². The molecule has 0 unspecified atom stereocenters. The highest BCUT2D eigenvalue weighted by molar-refractivity contribution is 6.16. The number of nitrogens with zero attached hydrogens (tertiary/aromatic N) is 2. The maximum atomic E-state index is 13.4. The summed E-state index contributed by atoms with van der Waals surface area (Å²) < 4.78 is 7.44. The number of ketones is 1. The van der Waals surface area contributed by atoms with Gasteiger partial charge in [-0.05, 0) is 61.7 Å². The fourth-order valence-electron chi connectivity index (χ4n) is 4.49. The van der Waals surface area contributed by atoms with E-state index in [0.717, 1.165) is 45.8 Å². The quantitative estimate of drug-likeness (QED) is 0.0617. The first kappa shape index (κ1) is 26.8. The predicted molar refractivity (Wildman–Crippen MR) is 149 cm³/mol. The summed E-state index contributed by atoms with van der Waals surface area (Å²) in [6.45, 7) is 7.91. The second-order valence-electron chi connectivity index (χ2n) is 9.34. The molecule has 7 nitrogen and oxygen atoms in total. The summed E-state index contributed by atoms with van der Waals surface area (Å²) in [6, 6.07) is 19.0. The maximum Gasteiger partial charge on any atom is 0.331 e. The van der Waals surface area contributed by atoms with Crippen molar-refractivity contribution in [1.29, 1.82) is 0 Å². The molecule has 1 aromatic heterocycles. The lowest BCUT2D eigenvalue weighted by molar-refractivity contribution is -0.144. The van der Waals surface area contributed by atoms with Crippen LogP contribution in [-0.2, 0) is 25.7 Å². The van der Waals surface area contributed by atoms with Gasteiger partial charge >= 0.3 is 11.9 Å². The Balaban J connectivity index is 1.79. The Morgan fingerprint density at radius 1 is 0.895 bits per heavy atom. The van der Waals surface area contributed by atoms with Crippen LogP contribution in [0.2, 0.25) is 0 Å². The third kappa shape index (κ3) is 5.83. The van der Waals surface area contributed by atoms with Crippen molar-refractivity contribution in [2.45, 2.75) is 53.5 Å². The van der Waals surface area contributed by atoms with Crippen molar-refractivity contribution in [3.8, 4) is 0 Å². The van der Waals surface area contributed by atoms with Gasteiger partial charge in [-0.3, -0.25) is 9.59 Å². The van der Waals surface area contributed by atoms with E-state index in [1.165, 1.54) is 6.92 Å². The van der Waals surface area contributed by atoms with Gasteiger partial charge in [-0.1, -0.05) is 48.8 Å². The molecule has 0 saturated carbocycles. The summed E-state index contributed by atoms with van der Waals surface area (Å²) in [5.41, 5.74) is 5.33. The molecule has 4 rings (SSSR count). The smallest absolute Gasteiger partial charge is 0.331 e. The molecule has 0 saturated heterocycles. The molecule has 0 fully saturated rings. The Morgan fingerprint density at radius 3 is 2.21 bits per heavy atom. The Bertz CT molecular complexity index is 1550. The fraction of sp³-hybridized carbons (Fsp3) is 0.290. The number of fused-ring (bicyclic) bond motifs is 3. The van der Waals surface area contributed by atoms with Crippen LogP contribution in [0.4, 0.5) is 0 Å². The second kappa shape index (κ2) is 11.9. The van der Waals surface area contributed by atoms with Gasteiger partial charge in [0.2, 0.25) is 0 Å². The molecule has 0 spiro atoms. The number of aromatic nitrogens is 1. The molecule has 0 amide bonds. The molecular weight excluding hydrogens is 480 g/mol. The number of carbonyl (C=O) groups is 3. The number of unbranched alkanes of at least 4 members (excludes halogenated alkanes) is 1. The maximum absolute atomic E-state index is 13.4. The Kier molecular flexibility index (Phi) is 8.36. The molecule has 0 aliphatic rings. The third-order valence-corrected chi connectivity index (χ3v) is 6.55. The van der Waals surface area contributed by atoms with Gasteiger partial charge in [-0.2, -0.15) is 0 Å². The van der Waals surface area contributed by atoms with Crippen molar-refractivity contribution in [2.75, 3.05) is 6.61 Å². The Morgan fingerprint density at radius 2 is 1.55 bits per heavy atom. The first-order chi connectivity index (χ1) is 18.3. The van der Waals surface area contributed by atoms with E-state index < -0.39 is 5.97 Å². The van der Waals surface area contributed by atoms with Gasteiger partial charge in [0.15, 0.2) is 5.78 Å². The first-order valence-corrected chi connectivity index (χ1v) is 12.8. The molecule has 0 atom stereocenters. The van der Waals surface area contributed by atoms with E-state index in [1.54, 1.807) is 6.92 Å². The number of rotatable bonds is 10. The number of hydrogen-bond acceptors (Lipinski definition) is 6. The van der Waals surface area contributed by atoms with Crippen molar-refractivity contribution in [3.63, 3.8) is 0 Å². The van der Waals surface area contributed by atoms with E-state index in [9.17, 15) is 14.4 Å². The van der Waals surface area contributed by atoms with E-state index in [2.05, 4.69) is 16.6 Å². The average molecular weight is 513 g/mol. The zero-order valence-electron chi connectivity index (χ0n) is 22.2. The molecule has 0 radical (unpaired) electrons. The van der Waals surface area contributed by atoms with Crippen molar-refractivity contribution in [1.82, 2.24) is 4.57 Å². The van der Waals surface area contributed by atoms with Crippen LogP contribution >= 0.6 is 0 Å². The average Bonchev–Trinajstić information content (AvgIpc) is 3.22. The molecule has 0 aliphatic heterocycles. The molecule has 196 valence electrons. The summed E-state index contributed by atoms with van der Waals surface area (Å²) in [7, 11) is 0. The third-order valence-electron chi connectivity index (χ3n) is 6.55. The molecule has 3 aromatic carbocycles. The molecule has 0 bridgehead atoms. The highest BCUT2D eigenvalue weighted by Gasteiger charge is 2.17. The van der Waals surface area contributed by atoms with Gasteiger partial charge in [0.25, 0.3) is 0 Å². The van der Waals surface area contributed by atoms with Crippen LogP contribution in [0, 0.1) is 6.92 Å². The highest BCUT2D eigenvalue weighted by Crippen LogP contribution is 2.32. The van der Waals surface area contributed by atoms with E-state index >= 15 is 0 Å². The predicted octanol–water partition coefficient (Wildman–Crippen LogP) is 6.35. The number of oxime groups is 1. The fourth-order valence-corrected chi connectivity index (χ4v) is 4.49. The summed E-state index contributed by atoms with van der Waals surface area (Å²) in [5.74, 6) is -0.776. The van der Waals surface area contributed by atoms with Crippen molar-refractivity contribution in [3.05, 3.63) is 82.9 Å². The van der Waals surface area contributed by atoms with E-state index in [-0.39, 0.29) is 18.2 Å². The normalized spacial score (nSPS) is 11.6. The number of hydrogen-bond donors (Lipinski definition) is 0. The monoisotopic (exact) mass is 512 g/mol.